The second-order valence-electron chi connectivity index (χ2n) is 6.17. The van der Waals surface area contributed by atoms with E-state index < -0.39 is 18.6 Å². The van der Waals surface area contributed by atoms with Crippen LogP contribution in [0.3, 0.4) is 0 Å². The van der Waals surface area contributed by atoms with Gasteiger partial charge < -0.3 is 17.7 Å². The smallest absolute Gasteiger partial charge is 0.336 e. The van der Waals surface area contributed by atoms with Crippen molar-refractivity contribution in [1.29, 1.82) is 0 Å². The van der Waals surface area contributed by atoms with Crippen LogP contribution in [-0.4, -0.2) is 54.7 Å². The third kappa shape index (κ3) is 9.61. The average Bonchev–Trinajstić information content (AvgIpc) is 2.51. The topological polar surface area (TPSA) is 36.9 Å². The van der Waals surface area contributed by atoms with Crippen LogP contribution in [-0.2, 0) is 17.7 Å². The molecule has 0 aromatic heterocycles. The molecule has 8 heteroatoms. The molecular weight excluding hydrogens is 376 g/mol. The number of rotatable bonds is 15. The Kier molecular flexibility index (Phi) is 15.7. The summed E-state index contributed by atoms with van der Waals surface area (Å²) in [5.74, 6) is 1.06. The van der Waals surface area contributed by atoms with Gasteiger partial charge in [-0.15, -0.1) is 0 Å². The molecular formula is C16H38O4S2Si2. The van der Waals surface area contributed by atoms with E-state index in [1.807, 2.05) is 21.6 Å². The van der Waals surface area contributed by atoms with E-state index in [2.05, 4.69) is 55.4 Å². The van der Waals surface area contributed by atoms with E-state index in [-0.39, 0.29) is 0 Å². The lowest BCUT2D eigenvalue weighted by Crippen LogP contribution is -2.41. The normalized spacial score (nSPS) is 15.0. The van der Waals surface area contributed by atoms with Crippen LogP contribution in [0.5, 0.6) is 0 Å². The van der Waals surface area contributed by atoms with E-state index in [4.69, 9.17) is 17.7 Å². The highest BCUT2D eigenvalue weighted by atomic mass is 33.1. The molecule has 0 rings (SSSR count). The monoisotopic (exact) mass is 414 g/mol. The van der Waals surface area contributed by atoms with Gasteiger partial charge >= 0.3 is 18.6 Å². The summed E-state index contributed by atoms with van der Waals surface area (Å²) in [6, 6.07) is 0. The molecule has 2 atom stereocenters. The van der Waals surface area contributed by atoms with Gasteiger partial charge in [0.15, 0.2) is 0 Å². The summed E-state index contributed by atoms with van der Waals surface area (Å²) in [4.78, 5) is 0.850. The van der Waals surface area contributed by atoms with E-state index >= 15 is 0 Å². The van der Waals surface area contributed by atoms with Gasteiger partial charge in [0, 0.05) is 26.4 Å². The van der Waals surface area contributed by atoms with E-state index in [1.54, 1.807) is 0 Å². The van der Waals surface area contributed by atoms with Gasteiger partial charge in [-0.05, 0) is 39.5 Å². The van der Waals surface area contributed by atoms with E-state index in [0.717, 1.165) is 26.4 Å². The molecule has 0 bridgehead atoms. The van der Waals surface area contributed by atoms with E-state index in [0.29, 0.717) is 21.6 Å². The summed E-state index contributed by atoms with van der Waals surface area (Å²) in [7, 11) is 0.505. The summed E-state index contributed by atoms with van der Waals surface area (Å²) in [5, 5.41) is 0. The number of hydrogen-bond acceptors (Lipinski definition) is 6. The summed E-state index contributed by atoms with van der Waals surface area (Å²) in [6.45, 7) is 20.2. The van der Waals surface area contributed by atoms with Crippen molar-refractivity contribution >= 4 is 40.2 Å². The largest absolute Gasteiger partial charge is 0.396 e. The van der Waals surface area contributed by atoms with Gasteiger partial charge in [-0.3, -0.25) is 0 Å². The third-order valence-corrected chi connectivity index (χ3v) is 15.4. The van der Waals surface area contributed by atoms with Crippen molar-refractivity contribution < 1.29 is 17.7 Å². The first kappa shape index (κ1) is 25.0. The SMILES string of the molecule is CCO[SiH](OCC)C(SSC(C(C)C)[SiH](OCC)OCC)C(C)C. The zero-order chi connectivity index (χ0) is 18.5. The highest BCUT2D eigenvalue weighted by molar-refractivity contribution is 8.77. The minimum absolute atomic E-state index is 0.425. The minimum Gasteiger partial charge on any atom is -0.396 e. The van der Waals surface area contributed by atoms with E-state index in [1.165, 1.54) is 0 Å². The van der Waals surface area contributed by atoms with Crippen LogP contribution in [0.15, 0.2) is 0 Å². The van der Waals surface area contributed by atoms with Gasteiger partial charge in [0.2, 0.25) is 0 Å². The van der Waals surface area contributed by atoms with Crippen molar-refractivity contribution in [2.24, 2.45) is 11.8 Å². The maximum atomic E-state index is 5.99. The highest BCUT2D eigenvalue weighted by Gasteiger charge is 2.35. The van der Waals surface area contributed by atoms with Gasteiger partial charge in [-0.25, -0.2) is 0 Å². The maximum absolute atomic E-state index is 5.99. The Morgan fingerprint density at radius 1 is 0.583 bits per heavy atom. The second-order valence-corrected chi connectivity index (χ2v) is 14.0. The van der Waals surface area contributed by atoms with E-state index in [9.17, 15) is 0 Å². The van der Waals surface area contributed by atoms with Crippen LogP contribution in [0.2, 0.25) is 0 Å². The van der Waals surface area contributed by atoms with Crippen LogP contribution in [0, 0.1) is 11.8 Å². The van der Waals surface area contributed by atoms with Crippen LogP contribution < -0.4 is 0 Å². The fourth-order valence-corrected chi connectivity index (χ4v) is 13.0. The van der Waals surface area contributed by atoms with Gasteiger partial charge in [0.25, 0.3) is 0 Å². The zero-order valence-electron chi connectivity index (χ0n) is 16.7. The van der Waals surface area contributed by atoms with Crippen LogP contribution in [0.4, 0.5) is 0 Å². The molecule has 0 N–H and O–H groups in total. The van der Waals surface area contributed by atoms with Crippen molar-refractivity contribution in [1.82, 2.24) is 0 Å². The van der Waals surface area contributed by atoms with Gasteiger partial charge in [0.05, 0.1) is 9.75 Å². The Hall–Kier alpha value is 0.974. The number of hydrogen-bond donors (Lipinski definition) is 0. The molecule has 24 heavy (non-hydrogen) atoms. The first-order valence-electron chi connectivity index (χ1n) is 9.21. The Bertz CT molecular complexity index is 259. The standard InChI is InChI=1S/C16H38O4S2Si2/c1-9-17-23(18-10-2)15(13(5)6)21-22-16(14(7)8)24(19-11-3)20-12-4/h13-16,23-24H,9-12H2,1-8H3. The Morgan fingerprint density at radius 3 is 1.00 bits per heavy atom. The molecule has 0 aliphatic heterocycles. The van der Waals surface area contributed by atoms with Crippen molar-refractivity contribution in [2.75, 3.05) is 26.4 Å². The Labute approximate surface area is 161 Å². The predicted octanol–water partition coefficient (Wildman–Crippen LogP) is 4.08. The molecule has 0 fully saturated rings. The Morgan fingerprint density at radius 2 is 0.833 bits per heavy atom. The molecule has 0 saturated heterocycles. The lowest BCUT2D eigenvalue weighted by atomic mass is 10.3. The third-order valence-electron chi connectivity index (χ3n) is 3.45. The molecule has 146 valence electrons. The summed E-state index contributed by atoms with van der Waals surface area (Å²) in [5.41, 5.74) is 0. The average molecular weight is 415 g/mol. The fourth-order valence-electron chi connectivity index (χ4n) is 2.20. The molecule has 2 unspecified atom stereocenters. The van der Waals surface area contributed by atoms with Gasteiger partial charge in [-0.2, -0.15) is 0 Å². The lowest BCUT2D eigenvalue weighted by molar-refractivity contribution is 0.207. The molecule has 0 radical (unpaired) electrons. The van der Waals surface area contributed by atoms with Crippen LogP contribution in [0.1, 0.15) is 55.4 Å². The molecule has 0 heterocycles. The molecule has 0 aliphatic carbocycles. The highest BCUT2D eigenvalue weighted by Crippen LogP contribution is 2.40. The second kappa shape index (κ2) is 15.1. The molecule has 0 saturated carbocycles. The molecule has 0 aliphatic rings. The molecule has 4 nitrogen and oxygen atoms in total. The van der Waals surface area contributed by atoms with Gasteiger partial charge in [0.1, 0.15) is 0 Å². The first-order valence-corrected chi connectivity index (χ1v) is 14.7. The van der Waals surface area contributed by atoms with Crippen molar-refractivity contribution in [3.05, 3.63) is 0 Å². The van der Waals surface area contributed by atoms with Crippen molar-refractivity contribution in [3.8, 4) is 0 Å². The minimum atomic E-state index is -1.68. The van der Waals surface area contributed by atoms with Crippen molar-refractivity contribution in [2.45, 2.75) is 65.1 Å². The summed E-state index contributed by atoms with van der Waals surface area (Å²) < 4.78 is 23.9. The summed E-state index contributed by atoms with van der Waals surface area (Å²) in [6.07, 6.45) is 0. The summed E-state index contributed by atoms with van der Waals surface area (Å²) >= 11 is 0. The first-order chi connectivity index (χ1) is 11.4. The molecule has 0 amide bonds. The Balaban J connectivity index is 4.97. The van der Waals surface area contributed by atoms with Crippen molar-refractivity contribution in [3.63, 3.8) is 0 Å². The molecule has 0 aromatic carbocycles. The zero-order valence-corrected chi connectivity index (χ0v) is 20.7. The fraction of sp³-hybridized carbons (Fsp3) is 1.00. The van der Waals surface area contributed by atoms with Crippen LogP contribution in [0.25, 0.3) is 0 Å². The predicted molar refractivity (Wildman–Crippen MR) is 113 cm³/mol. The maximum Gasteiger partial charge on any atom is 0.336 e. The molecule has 0 aromatic rings. The molecule has 0 spiro atoms. The lowest BCUT2D eigenvalue weighted by Gasteiger charge is -2.31. The quantitative estimate of drug-likeness (QED) is 0.297. The van der Waals surface area contributed by atoms with Crippen LogP contribution >= 0.6 is 21.6 Å². The van der Waals surface area contributed by atoms with Gasteiger partial charge in [-0.1, -0.05) is 49.3 Å².